The van der Waals surface area contributed by atoms with Crippen molar-refractivity contribution >= 4 is 5.57 Å². The van der Waals surface area contributed by atoms with E-state index in [1.807, 2.05) is 0 Å². The van der Waals surface area contributed by atoms with Crippen LogP contribution in [0.3, 0.4) is 0 Å². The zero-order chi connectivity index (χ0) is 11.0. The van der Waals surface area contributed by atoms with Crippen LogP contribution in [0.2, 0.25) is 0 Å². The van der Waals surface area contributed by atoms with Gasteiger partial charge in [-0.3, -0.25) is 0 Å². The fourth-order valence-corrected chi connectivity index (χ4v) is 2.45. The fraction of sp³-hybridized carbons (Fsp3) is 0.125. The van der Waals surface area contributed by atoms with E-state index in [0.29, 0.717) is 0 Å². The van der Waals surface area contributed by atoms with Gasteiger partial charge >= 0.3 is 0 Å². The first kappa shape index (κ1) is 9.41. The molecule has 16 heavy (non-hydrogen) atoms. The van der Waals surface area contributed by atoms with Crippen LogP contribution in [-0.2, 0) is 6.42 Å². The largest absolute Gasteiger partial charge is 0.0952 e. The van der Waals surface area contributed by atoms with Gasteiger partial charge in [0.25, 0.3) is 0 Å². The number of hydrogen-bond acceptors (Lipinski definition) is 0. The number of benzene rings is 2. The topological polar surface area (TPSA) is 0 Å². The number of rotatable bonds is 0. The average molecular weight is 206 g/mol. The first-order chi connectivity index (χ1) is 7.86. The molecule has 0 unspecified atom stereocenters. The molecule has 1 aliphatic rings. The molecular weight excluding hydrogens is 192 g/mol. The molecule has 0 nitrogen and oxygen atoms in total. The highest BCUT2D eigenvalue weighted by atomic mass is 14.2. The van der Waals surface area contributed by atoms with E-state index in [0.717, 1.165) is 12.8 Å². The normalized spacial score (nSPS) is 13.9. The number of aryl methyl sites for hydroxylation is 1. The maximum atomic E-state index is 4.20. The van der Waals surface area contributed by atoms with Crippen molar-refractivity contribution in [2.24, 2.45) is 0 Å². The summed E-state index contributed by atoms with van der Waals surface area (Å²) >= 11 is 0. The highest BCUT2D eigenvalue weighted by molar-refractivity contribution is 5.83. The van der Waals surface area contributed by atoms with E-state index >= 15 is 0 Å². The van der Waals surface area contributed by atoms with Gasteiger partial charge in [0, 0.05) is 0 Å². The van der Waals surface area contributed by atoms with Gasteiger partial charge in [0.1, 0.15) is 0 Å². The van der Waals surface area contributed by atoms with Gasteiger partial charge < -0.3 is 0 Å². The number of allylic oxidation sites excluding steroid dienone is 1. The molecule has 0 atom stereocenters. The molecule has 0 bridgehead atoms. The molecule has 0 heteroatoms. The van der Waals surface area contributed by atoms with E-state index in [2.05, 4.69) is 55.1 Å². The highest BCUT2D eigenvalue weighted by Gasteiger charge is 2.14. The van der Waals surface area contributed by atoms with Crippen molar-refractivity contribution in [3.8, 4) is 11.1 Å². The molecular formula is C16H14. The molecule has 0 heterocycles. The maximum absolute atomic E-state index is 4.20. The van der Waals surface area contributed by atoms with Crippen LogP contribution in [0.1, 0.15) is 17.5 Å². The Bertz CT molecular complexity index is 549. The summed E-state index contributed by atoms with van der Waals surface area (Å²) in [5, 5.41) is 0. The highest BCUT2D eigenvalue weighted by Crippen LogP contribution is 2.36. The fourth-order valence-electron chi connectivity index (χ4n) is 2.45. The predicted molar refractivity (Wildman–Crippen MR) is 69.2 cm³/mol. The lowest BCUT2D eigenvalue weighted by Crippen LogP contribution is -1.86. The number of hydrogen-bond donors (Lipinski definition) is 0. The lowest BCUT2D eigenvalue weighted by molar-refractivity contribution is 1.03. The molecule has 0 fully saturated rings. The van der Waals surface area contributed by atoms with E-state index in [1.54, 1.807) is 0 Å². The zero-order valence-corrected chi connectivity index (χ0v) is 9.24. The van der Waals surface area contributed by atoms with Crippen molar-refractivity contribution < 1.29 is 0 Å². The summed E-state index contributed by atoms with van der Waals surface area (Å²) in [6, 6.07) is 17.3. The van der Waals surface area contributed by atoms with Gasteiger partial charge in [0.05, 0.1) is 0 Å². The Hall–Kier alpha value is -1.82. The van der Waals surface area contributed by atoms with Gasteiger partial charge in [0.15, 0.2) is 0 Å². The van der Waals surface area contributed by atoms with Crippen LogP contribution < -0.4 is 0 Å². The van der Waals surface area contributed by atoms with Crippen molar-refractivity contribution in [3.63, 3.8) is 0 Å². The molecule has 0 aromatic heterocycles. The second-order valence-electron chi connectivity index (χ2n) is 4.31. The van der Waals surface area contributed by atoms with Gasteiger partial charge in [0.2, 0.25) is 0 Å². The van der Waals surface area contributed by atoms with Gasteiger partial charge in [-0.25, -0.2) is 0 Å². The summed E-state index contributed by atoms with van der Waals surface area (Å²) < 4.78 is 0. The third-order valence-corrected chi connectivity index (χ3v) is 3.31. The van der Waals surface area contributed by atoms with Crippen LogP contribution in [-0.4, -0.2) is 0 Å². The van der Waals surface area contributed by atoms with Crippen LogP contribution in [0, 0.1) is 0 Å². The third-order valence-electron chi connectivity index (χ3n) is 3.31. The molecule has 78 valence electrons. The van der Waals surface area contributed by atoms with Gasteiger partial charge in [-0.15, -0.1) is 0 Å². The molecule has 0 amide bonds. The van der Waals surface area contributed by atoms with E-state index in [-0.39, 0.29) is 0 Å². The predicted octanol–water partition coefficient (Wildman–Crippen LogP) is 4.31. The summed E-state index contributed by atoms with van der Waals surface area (Å²) in [6.07, 6.45) is 2.16. The molecule has 0 saturated heterocycles. The minimum Gasteiger partial charge on any atom is -0.0952 e. The van der Waals surface area contributed by atoms with Crippen molar-refractivity contribution in [2.75, 3.05) is 0 Å². The molecule has 3 rings (SSSR count). The Morgan fingerprint density at radius 1 is 0.688 bits per heavy atom. The van der Waals surface area contributed by atoms with Crippen LogP contribution >= 0.6 is 0 Å². The first-order valence-corrected chi connectivity index (χ1v) is 5.72. The molecule has 2 aromatic carbocycles. The van der Waals surface area contributed by atoms with Crippen LogP contribution in [0.25, 0.3) is 16.7 Å². The molecule has 0 spiro atoms. The SMILES string of the molecule is C=C1CCc2ccccc2-c2ccccc21. The van der Waals surface area contributed by atoms with Crippen LogP contribution in [0.15, 0.2) is 55.1 Å². The minimum absolute atomic E-state index is 1.06. The maximum Gasteiger partial charge on any atom is -0.0106 e. The summed E-state index contributed by atoms with van der Waals surface area (Å²) in [5.74, 6) is 0. The Balaban J connectivity index is 2.32. The van der Waals surface area contributed by atoms with Crippen LogP contribution in [0.4, 0.5) is 0 Å². The van der Waals surface area contributed by atoms with E-state index in [4.69, 9.17) is 0 Å². The zero-order valence-electron chi connectivity index (χ0n) is 9.24. The second kappa shape index (κ2) is 3.64. The summed E-state index contributed by atoms with van der Waals surface area (Å²) in [6.45, 7) is 4.20. The monoisotopic (exact) mass is 206 g/mol. The Morgan fingerprint density at radius 2 is 1.31 bits per heavy atom. The third kappa shape index (κ3) is 1.38. The van der Waals surface area contributed by atoms with E-state index < -0.39 is 0 Å². The Labute approximate surface area is 96.3 Å². The summed E-state index contributed by atoms with van der Waals surface area (Å²) in [4.78, 5) is 0. The van der Waals surface area contributed by atoms with Crippen molar-refractivity contribution in [3.05, 3.63) is 66.2 Å². The van der Waals surface area contributed by atoms with Crippen molar-refractivity contribution in [2.45, 2.75) is 12.8 Å². The molecule has 0 saturated carbocycles. The van der Waals surface area contributed by atoms with E-state index in [1.165, 1.54) is 27.8 Å². The van der Waals surface area contributed by atoms with Gasteiger partial charge in [-0.05, 0) is 40.7 Å². The average Bonchev–Trinajstić information content (AvgIpc) is 2.49. The second-order valence-corrected chi connectivity index (χ2v) is 4.31. The molecule has 0 aliphatic heterocycles. The lowest BCUT2D eigenvalue weighted by atomic mass is 9.96. The van der Waals surface area contributed by atoms with Gasteiger partial charge in [-0.1, -0.05) is 55.1 Å². The summed E-state index contributed by atoms with van der Waals surface area (Å²) in [7, 11) is 0. The molecule has 1 aliphatic carbocycles. The van der Waals surface area contributed by atoms with Gasteiger partial charge in [-0.2, -0.15) is 0 Å². The van der Waals surface area contributed by atoms with Crippen molar-refractivity contribution in [1.29, 1.82) is 0 Å². The first-order valence-electron chi connectivity index (χ1n) is 5.72. The molecule has 0 radical (unpaired) electrons. The summed E-state index contributed by atoms with van der Waals surface area (Å²) in [5.41, 5.74) is 6.71. The lowest BCUT2D eigenvalue weighted by Gasteiger charge is -2.08. The molecule has 0 N–H and O–H groups in total. The standard InChI is InChI=1S/C16H14/c1-12-10-11-13-6-2-3-8-15(13)16-9-5-4-7-14(12)16/h2-9H,1,10-11H2. The van der Waals surface area contributed by atoms with Crippen LogP contribution in [0.5, 0.6) is 0 Å². The molecule has 2 aromatic rings. The smallest absolute Gasteiger partial charge is 0.0106 e. The van der Waals surface area contributed by atoms with Crippen molar-refractivity contribution in [1.82, 2.24) is 0 Å². The Kier molecular flexibility index (Phi) is 2.14. The Morgan fingerprint density at radius 3 is 2.12 bits per heavy atom. The van der Waals surface area contributed by atoms with E-state index in [9.17, 15) is 0 Å². The quantitative estimate of drug-likeness (QED) is 0.602. The number of fused-ring (bicyclic) bond motifs is 3. The minimum atomic E-state index is 1.06.